The van der Waals surface area contributed by atoms with Gasteiger partial charge in [-0.2, -0.15) is 39.5 Å². The molecule has 0 aliphatic carbocycles. The first kappa shape index (κ1) is 22.7. The van der Waals surface area contributed by atoms with Crippen molar-refractivity contribution in [1.29, 1.82) is 0 Å². The zero-order valence-electron chi connectivity index (χ0n) is 15.0. The molecule has 3 rings (SSSR count). The number of carbonyl (C=O) groups excluding carboxylic acids is 1. The van der Waals surface area contributed by atoms with E-state index in [9.17, 15) is 44.3 Å². The molecular formula is C17H15F9N2O2. The van der Waals surface area contributed by atoms with Crippen molar-refractivity contribution in [1.82, 2.24) is 9.80 Å². The first-order valence-electron chi connectivity index (χ1n) is 8.63. The first-order chi connectivity index (χ1) is 13.7. The van der Waals surface area contributed by atoms with E-state index in [1.165, 1.54) is 0 Å². The first-order valence-corrected chi connectivity index (χ1v) is 8.63. The van der Waals surface area contributed by atoms with Crippen molar-refractivity contribution in [3.05, 3.63) is 35.9 Å². The van der Waals surface area contributed by atoms with Gasteiger partial charge in [0.05, 0.1) is 0 Å². The van der Waals surface area contributed by atoms with Gasteiger partial charge in [0.25, 0.3) is 5.91 Å². The second-order valence-corrected chi connectivity index (χ2v) is 6.99. The van der Waals surface area contributed by atoms with E-state index < -0.39 is 48.7 Å². The molecule has 2 aliphatic rings. The molecule has 2 heterocycles. The second kappa shape index (κ2) is 7.01. The lowest BCUT2D eigenvalue weighted by molar-refractivity contribution is -0.368. The lowest BCUT2D eigenvalue weighted by Gasteiger charge is -2.39. The molecule has 4 nitrogen and oxygen atoms in total. The van der Waals surface area contributed by atoms with Crippen LogP contribution in [0, 0.1) is 0 Å². The van der Waals surface area contributed by atoms with Crippen molar-refractivity contribution in [2.24, 2.45) is 0 Å². The molecule has 0 saturated carbocycles. The third-order valence-electron chi connectivity index (χ3n) is 5.01. The third kappa shape index (κ3) is 3.13. The van der Waals surface area contributed by atoms with Crippen molar-refractivity contribution in [3.8, 4) is 0 Å². The summed E-state index contributed by atoms with van der Waals surface area (Å²) in [6, 6.07) is 8.83. The summed E-state index contributed by atoms with van der Waals surface area (Å²) in [4.78, 5) is 14.0. The number of ether oxygens (including phenoxy) is 1. The van der Waals surface area contributed by atoms with Crippen LogP contribution in [0.2, 0.25) is 0 Å². The molecule has 0 radical (unpaired) electrons. The van der Waals surface area contributed by atoms with Crippen LogP contribution in [0.3, 0.4) is 0 Å². The van der Waals surface area contributed by atoms with Gasteiger partial charge < -0.3 is 4.90 Å². The summed E-state index contributed by atoms with van der Waals surface area (Å²) in [7, 11) is 0. The van der Waals surface area contributed by atoms with Crippen LogP contribution in [0.5, 0.6) is 0 Å². The van der Waals surface area contributed by atoms with Gasteiger partial charge in [-0.1, -0.05) is 30.3 Å². The average molecular weight is 450 g/mol. The van der Waals surface area contributed by atoms with Gasteiger partial charge in [0, 0.05) is 32.7 Å². The lowest BCUT2D eigenvalue weighted by atomic mass is 9.98. The predicted octanol–water partition coefficient (Wildman–Crippen LogP) is 3.53. The standard InChI is InChI=1S/C17H15F9N2O2/c18-13(19,16(24)14(20,21)15(22,23)17(25,26)30-16)12(29)28-8-6-27(7-9-28)10-11-4-2-1-3-5-11/h1-5H,6-10H2/t16-/m1/s1. The molecule has 30 heavy (non-hydrogen) atoms. The zero-order chi connectivity index (χ0) is 22.6. The highest BCUT2D eigenvalue weighted by Gasteiger charge is 2.96. The minimum atomic E-state index is -6.67. The van der Waals surface area contributed by atoms with Crippen LogP contribution in [0.1, 0.15) is 5.56 Å². The van der Waals surface area contributed by atoms with Crippen molar-refractivity contribution >= 4 is 5.91 Å². The molecule has 0 spiro atoms. The van der Waals surface area contributed by atoms with Crippen molar-refractivity contribution in [3.63, 3.8) is 0 Å². The van der Waals surface area contributed by atoms with E-state index in [-0.39, 0.29) is 18.0 Å². The summed E-state index contributed by atoms with van der Waals surface area (Å²) in [5.74, 6) is -28.1. The van der Waals surface area contributed by atoms with Crippen LogP contribution in [-0.2, 0) is 16.1 Å². The molecule has 13 heteroatoms. The molecule has 1 amide bonds. The maximum Gasteiger partial charge on any atom is 0.428 e. The van der Waals surface area contributed by atoms with Gasteiger partial charge in [-0.15, -0.1) is 0 Å². The lowest BCUT2D eigenvalue weighted by Crippen LogP contribution is -2.66. The number of rotatable bonds is 4. The average Bonchev–Trinajstić information content (AvgIpc) is 2.77. The van der Waals surface area contributed by atoms with Crippen LogP contribution in [0.4, 0.5) is 39.5 Å². The van der Waals surface area contributed by atoms with E-state index in [2.05, 4.69) is 4.74 Å². The third-order valence-corrected chi connectivity index (χ3v) is 5.01. The topological polar surface area (TPSA) is 32.8 Å². The smallest absolute Gasteiger partial charge is 0.335 e. The minimum Gasteiger partial charge on any atom is -0.335 e. The highest BCUT2D eigenvalue weighted by Crippen LogP contribution is 2.64. The van der Waals surface area contributed by atoms with Gasteiger partial charge in [-0.25, -0.2) is 0 Å². The molecular weight excluding hydrogens is 435 g/mol. The summed E-state index contributed by atoms with van der Waals surface area (Å²) < 4.78 is 125. The van der Waals surface area contributed by atoms with Gasteiger partial charge in [-0.05, 0) is 5.56 Å². The Morgan fingerprint density at radius 3 is 1.90 bits per heavy atom. The Bertz CT molecular complexity index is 798. The molecule has 0 N–H and O–H groups in total. The van der Waals surface area contributed by atoms with Crippen LogP contribution < -0.4 is 0 Å². The number of nitrogens with zero attached hydrogens (tertiary/aromatic N) is 2. The Morgan fingerprint density at radius 1 is 0.900 bits per heavy atom. The van der Waals surface area contributed by atoms with Crippen LogP contribution >= 0.6 is 0 Å². The Balaban J connectivity index is 1.74. The summed E-state index contributed by atoms with van der Waals surface area (Å²) in [6.45, 7) is -0.670. The maximum atomic E-state index is 14.3. The number of halogens is 9. The molecule has 0 aromatic heterocycles. The number of amides is 1. The highest BCUT2D eigenvalue weighted by molar-refractivity contribution is 5.85. The molecule has 0 unspecified atom stereocenters. The van der Waals surface area contributed by atoms with Crippen LogP contribution in [-0.4, -0.2) is 71.6 Å². The van der Waals surface area contributed by atoms with Gasteiger partial charge in [0.15, 0.2) is 0 Å². The Hall–Kier alpha value is -2.02. The van der Waals surface area contributed by atoms with Gasteiger partial charge in [-0.3, -0.25) is 14.4 Å². The molecule has 2 saturated heterocycles. The summed E-state index contributed by atoms with van der Waals surface area (Å²) in [6.07, 6.45) is -6.25. The monoisotopic (exact) mass is 450 g/mol. The SMILES string of the molecule is O=C(N1CCN(Cc2ccccc2)CC1)C(F)(F)[C@@]1(F)OC(F)(F)C(F)(F)C1(F)F. The van der Waals surface area contributed by atoms with Crippen molar-refractivity contribution in [2.75, 3.05) is 26.2 Å². The minimum absolute atomic E-state index is 0.0282. The van der Waals surface area contributed by atoms with Gasteiger partial charge in [0.2, 0.25) is 0 Å². The summed E-state index contributed by atoms with van der Waals surface area (Å²) in [5.41, 5.74) is 0.855. The molecule has 168 valence electrons. The molecule has 1 aromatic rings. The van der Waals surface area contributed by atoms with Crippen molar-refractivity contribution in [2.45, 2.75) is 36.3 Å². The number of hydrogen-bond acceptors (Lipinski definition) is 3. The van der Waals surface area contributed by atoms with E-state index >= 15 is 0 Å². The Morgan fingerprint density at radius 2 is 1.43 bits per heavy atom. The summed E-state index contributed by atoms with van der Waals surface area (Å²) in [5, 5.41) is 0. The van der Waals surface area contributed by atoms with Crippen LogP contribution in [0.25, 0.3) is 0 Å². The van der Waals surface area contributed by atoms with E-state index in [0.29, 0.717) is 6.54 Å². The molecule has 2 aliphatic heterocycles. The fraction of sp³-hybridized carbons (Fsp3) is 0.588. The zero-order valence-corrected chi connectivity index (χ0v) is 15.0. The highest BCUT2D eigenvalue weighted by atomic mass is 19.4. The number of benzene rings is 1. The maximum absolute atomic E-state index is 14.3. The van der Waals surface area contributed by atoms with E-state index in [0.717, 1.165) is 5.56 Å². The predicted molar refractivity (Wildman–Crippen MR) is 83.0 cm³/mol. The molecule has 1 aromatic carbocycles. The van der Waals surface area contributed by atoms with E-state index in [1.807, 2.05) is 0 Å². The van der Waals surface area contributed by atoms with Crippen molar-refractivity contribution < 1.29 is 49.0 Å². The number of hydrogen-bond donors (Lipinski definition) is 0. The fourth-order valence-corrected chi connectivity index (χ4v) is 3.24. The fourth-order valence-electron chi connectivity index (χ4n) is 3.24. The van der Waals surface area contributed by atoms with Gasteiger partial charge in [0.1, 0.15) is 0 Å². The Kier molecular flexibility index (Phi) is 5.29. The molecule has 1 atom stereocenters. The number of carbonyl (C=O) groups is 1. The van der Waals surface area contributed by atoms with E-state index in [1.54, 1.807) is 35.2 Å². The largest absolute Gasteiger partial charge is 0.428 e. The Labute approximate surface area is 164 Å². The number of piperazine rings is 1. The van der Waals surface area contributed by atoms with Crippen LogP contribution in [0.15, 0.2) is 30.3 Å². The number of alkyl halides is 9. The quantitative estimate of drug-likeness (QED) is 0.659. The normalized spacial score (nSPS) is 28.5. The second-order valence-electron chi connectivity index (χ2n) is 6.99. The van der Waals surface area contributed by atoms with Gasteiger partial charge >= 0.3 is 29.7 Å². The molecule has 2 fully saturated rings. The van der Waals surface area contributed by atoms with E-state index in [4.69, 9.17) is 0 Å². The summed E-state index contributed by atoms with van der Waals surface area (Å²) >= 11 is 0. The molecule has 0 bridgehead atoms.